The van der Waals surface area contributed by atoms with E-state index in [4.69, 9.17) is 39.8 Å². The molecule has 4 rings (SSSR count). The Labute approximate surface area is 194 Å². The van der Waals surface area contributed by atoms with E-state index in [1.165, 1.54) is 4.31 Å². The van der Waals surface area contributed by atoms with Gasteiger partial charge in [-0.1, -0.05) is 40.9 Å². The van der Waals surface area contributed by atoms with Crippen molar-refractivity contribution in [1.82, 2.24) is 9.29 Å². The second-order valence-electron chi connectivity index (χ2n) is 6.88. The Morgan fingerprint density at radius 1 is 0.933 bits per heavy atom. The van der Waals surface area contributed by atoms with Crippen molar-refractivity contribution in [3.63, 3.8) is 0 Å². The van der Waals surface area contributed by atoms with E-state index in [0.29, 0.717) is 47.7 Å². The van der Waals surface area contributed by atoms with Crippen LogP contribution in [0, 0.1) is 0 Å². The van der Waals surface area contributed by atoms with Crippen LogP contribution in [-0.2, 0) is 16.4 Å². The number of rotatable bonds is 5. The monoisotopic (exact) mass is 501 g/mol. The molecule has 1 aliphatic heterocycles. The van der Waals surface area contributed by atoms with E-state index in [9.17, 15) is 8.42 Å². The molecule has 0 unspecified atom stereocenters. The third-order valence-corrected chi connectivity index (χ3v) is 8.59. The SMILES string of the molecule is O=S(=O)(c1ccc(Cl)cc1)N1CCN(c2nc(Cc3ccc(Cl)cc3Cl)cs2)CC1. The lowest BCUT2D eigenvalue weighted by Gasteiger charge is -2.33. The largest absolute Gasteiger partial charge is 0.345 e. The van der Waals surface area contributed by atoms with E-state index in [1.807, 2.05) is 17.5 Å². The predicted octanol–water partition coefficient (Wildman–Crippen LogP) is 5.21. The van der Waals surface area contributed by atoms with Crippen LogP contribution in [0.3, 0.4) is 0 Å². The summed E-state index contributed by atoms with van der Waals surface area (Å²) < 4.78 is 27.2. The summed E-state index contributed by atoms with van der Waals surface area (Å²) in [6.45, 7) is 1.98. The van der Waals surface area contributed by atoms with Gasteiger partial charge in [-0.2, -0.15) is 4.31 Å². The molecule has 0 bridgehead atoms. The molecule has 2 aromatic carbocycles. The topological polar surface area (TPSA) is 53.5 Å². The van der Waals surface area contributed by atoms with E-state index in [2.05, 4.69) is 4.90 Å². The highest BCUT2D eigenvalue weighted by atomic mass is 35.5. The number of benzene rings is 2. The van der Waals surface area contributed by atoms with Gasteiger partial charge < -0.3 is 4.90 Å². The first kappa shape index (κ1) is 21.9. The summed E-state index contributed by atoms with van der Waals surface area (Å²) in [7, 11) is -3.52. The Balaban J connectivity index is 1.40. The van der Waals surface area contributed by atoms with Gasteiger partial charge in [0.1, 0.15) is 0 Å². The molecule has 0 aliphatic carbocycles. The van der Waals surface area contributed by atoms with Crippen LogP contribution in [0.2, 0.25) is 15.1 Å². The van der Waals surface area contributed by atoms with Crippen molar-refractivity contribution in [1.29, 1.82) is 0 Å². The molecule has 30 heavy (non-hydrogen) atoms. The van der Waals surface area contributed by atoms with Crippen LogP contribution in [0.25, 0.3) is 0 Å². The third kappa shape index (κ3) is 4.77. The molecule has 10 heteroatoms. The molecule has 3 aromatic rings. The molecule has 5 nitrogen and oxygen atoms in total. The standard InChI is InChI=1S/C20H18Cl3N3O2S2/c21-15-3-5-18(6-4-15)30(27,28)26-9-7-25(8-10-26)20-24-17(13-29-20)11-14-1-2-16(22)12-19(14)23/h1-6,12-13H,7-11H2. The zero-order valence-corrected chi connectivity index (χ0v) is 19.7. The number of sulfonamides is 1. The van der Waals surface area contributed by atoms with Gasteiger partial charge in [0.05, 0.1) is 10.6 Å². The molecule has 0 amide bonds. The smallest absolute Gasteiger partial charge is 0.243 e. The maximum absolute atomic E-state index is 12.8. The summed E-state index contributed by atoms with van der Waals surface area (Å²) in [5.41, 5.74) is 1.90. The molecule has 0 atom stereocenters. The van der Waals surface area contributed by atoms with Crippen LogP contribution in [0.15, 0.2) is 52.7 Å². The minimum absolute atomic E-state index is 0.261. The Hall–Kier alpha value is -1.35. The average Bonchev–Trinajstić information content (AvgIpc) is 3.19. The van der Waals surface area contributed by atoms with Crippen LogP contribution in [0.4, 0.5) is 5.13 Å². The molecule has 0 N–H and O–H groups in total. The summed E-state index contributed by atoms with van der Waals surface area (Å²) in [6, 6.07) is 11.7. The number of anilines is 1. The fourth-order valence-corrected chi connectivity index (χ4v) is 6.16. The summed E-state index contributed by atoms with van der Waals surface area (Å²) in [6.07, 6.45) is 0.622. The van der Waals surface area contributed by atoms with Gasteiger partial charge in [-0.25, -0.2) is 13.4 Å². The number of aromatic nitrogens is 1. The van der Waals surface area contributed by atoms with Crippen LogP contribution < -0.4 is 4.90 Å². The summed E-state index contributed by atoms with van der Waals surface area (Å²) in [5, 5.41) is 4.64. The van der Waals surface area contributed by atoms with Crippen LogP contribution in [0.1, 0.15) is 11.3 Å². The summed E-state index contributed by atoms with van der Waals surface area (Å²) in [5.74, 6) is 0. The molecule has 158 valence electrons. The van der Waals surface area contributed by atoms with Crippen molar-refractivity contribution in [2.24, 2.45) is 0 Å². The number of halogens is 3. The molecule has 0 spiro atoms. The lowest BCUT2D eigenvalue weighted by atomic mass is 10.1. The van der Waals surface area contributed by atoms with E-state index in [0.717, 1.165) is 16.4 Å². The molecular formula is C20H18Cl3N3O2S2. The van der Waals surface area contributed by atoms with E-state index < -0.39 is 10.0 Å². The van der Waals surface area contributed by atoms with E-state index >= 15 is 0 Å². The summed E-state index contributed by atoms with van der Waals surface area (Å²) >= 11 is 19.6. The van der Waals surface area contributed by atoms with Crippen LogP contribution in [0.5, 0.6) is 0 Å². The number of hydrogen-bond acceptors (Lipinski definition) is 5. The second kappa shape index (κ2) is 9.02. The lowest BCUT2D eigenvalue weighted by molar-refractivity contribution is 0.384. The van der Waals surface area contributed by atoms with Gasteiger partial charge in [0.15, 0.2) is 5.13 Å². The first-order chi connectivity index (χ1) is 14.3. The highest BCUT2D eigenvalue weighted by Crippen LogP contribution is 2.28. The first-order valence-electron chi connectivity index (χ1n) is 9.22. The van der Waals surface area contributed by atoms with Gasteiger partial charge in [-0.3, -0.25) is 0 Å². The van der Waals surface area contributed by atoms with Crippen LogP contribution >= 0.6 is 46.1 Å². The number of thiazole rings is 1. The number of nitrogens with zero attached hydrogens (tertiary/aromatic N) is 3. The van der Waals surface area contributed by atoms with Gasteiger partial charge in [0.2, 0.25) is 10.0 Å². The van der Waals surface area contributed by atoms with Crippen molar-refractivity contribution in [3.05, 3.63) is 74.2 Å². The van der Waals surface area contributed by atoms with E-state index in [-0.39, 0.29) is 4.90 Å². The quantitative estimate of drug-likeness (QED) is 0.481. The molecule has 1 saturated heterocycles. The summed E-state index contributed by atoms with van der Waals surface area (Å²) in [4.78, 5) is 7.10. The highest BCUT2D eigenvalue weighted by molar-refractivity contribution is 7.89. The highest BCUT2D eigenvalue weighted by Gasteiger charge is 2.29. The van der Waals surface area contributed by atoms with Gasteiger partial charge >= 0.3 is 0 Å². The Kier molecular flexibility index (Phi) is 6.58. The van der Waals surface area contributed by atoms with Gasteiger partial charge in [-0.15, -0.1) is 11.3 Å². The maximum Gasteiger partial charge on any atom is 0.243 e. The zero-order valence-electron chi connectivity index (χ0n) is 15.8. The molecule has 1 aliphatic rings. The molecule has 1 aromatic heterocycles. The van der Waals surface area contributed by atoms with Crippen molar-refractivity contribution in [2.75, 3.05) is 31.1 Å². The van der Waals surface area contributed by atoms with Gasteiger partial charge in [0.25, 0.3) is 0 Å². The van der Waals surface area contributed by atoms with Crippen molar-refractivity contribution in [3.8, 4) is 0 Å². The Bertz CT molecular complexity index is 1140. The Morgan fingerprint density at radius 2 is 1.60 bits per heavy atom. The minimum atomic E-state index is -3.52. The second-order valence-corrected chi connectivity index (χ2v) is 10.9. The third-order valence-electron chi connectivity index (χ3n) is 4.89. The molecule has 0 saturated carbocycles. The van der Waals surface area contributed by atoms with Gasteiger partial charge in [-0.05, 0) is 42.0 Å². The zero-order chi connectivity index (χ0) is 21.3. The molecule has 2 heterocycles. The van der Waals surface area contributed by atoms with Crippen molar-refractivity contribution < 1.29 is 8.42 Å². The number of piperazine rings is 1. The lowest BCUT2D eigenvalue weighted by Crippen LogP contribution is -2.48. The molecule has 0 radical (unpaired) electrons. The van der Waals surface area contributed by atoms with Crippen molar-refractivity contribution >= 4 is 61.3 Å². The molecule has 1 fully saturated rings. The Morgan fingerprint density at radius 3 is 2.27 bits per heavy atom. The van der Waals surface area contributed by atoms with Crippen molar-refractivity contribution in [2.45, 2.75) is 11.3 Å². The van der Waals surface area contributed by atoms with Gasteiger partial charge in [0, 0.05) is 53.0 Å². The van der Waals surface area contributed by atoms with E-state index in [1.54, 1.807) is 41.7 Å². The van der Waals surface area contributed by atoms with Crippen LogP contribution in [-0.4, -0.2) is 43.9 Å². The predicted molar refractivity (Wildman–Crippen MR) is 124 cm³/mol. The normalized spacial score (nSPS) is 15.5. The average molecular weight is 503 g/mol. The fourth-order valence-electron chi connectivity index (χ4n) is 3.26. The molecular weight excluding hydrogens is 485 g/mol. The number of hydrogen-bond donors (Lipinski definition) is 0. The maximum atomic E-state index is 12.8. The fraction of sp³-hybridized carbons (Fsp3) is 0.250. The minimum Gasteiger partial charge on any atom is -0.345 e. The first-order valence-corrected chi connectivity index (χ1v) is 12.7.